The molecule has 0 aliphatic rings. The zero-order valence-electron chi connectivity index (χ0n) is 16.3. The van der Waals surface area contributed by atoms with E-state index in [9.17, 15) is 4.79 Å². The van der Waals surface area contributed by atoms with Gasteiger partial charge in [-0.1, -0.05) is 36.4 Å². The molecule has 2 aromatic carbocycles. The van der Waals surface area contributed by atoms with Crippen molar-refractivity contribution in [3.8, 4) is 5.75 Å². The van der Waals surface area contributed by atoms with Crippen molar-refractivity contribution in [3.05, 3.63) is 83.9 Å². The van der Waals surface area contributed by atoms with Gasteiger partial charge in [0, 0.05) is 32.0 Å². The van der Waals surface area contributed by atoms with Gasteiger partial charge in [-0.2, -0.15) is 0 Å². The first kappa shape index (κ1) is 19.6. The smallest absolute Gasteiger partial charge is 0.255 e. The predicted octanol–water partition coefficient (Wildman–Crippen LogP) is 2.80. The second-order valence-electron chi connectivity index (χ2n) is 6.89. The average Bonchev–Trinajstić information content (AvgIpc) is 3.19. The number of amides is 1. The highest BCUT2D eigenvalue weighted by Gasteiger charge is 2.12. The Bertz CT molecular complexity index is 891. The third-order valence-electron chi connectivity index (χ3n) is 4.30. The van der Waals surface area contributed by atoms with E-state index in [1.54, 1.807) is 18.6 Å². The average molecular weight is 378 g/mol. The zero-order chi connectivity index (χ0) is 19.8. The molecular weight excluding hydrogens is 352 g/mol. The Hall–Kier alpha value is -3.12. The monoisotopic (exact) mass is 378 g/mol. The lowest BCUT2D eigenvalue weighted by atomic mass is 10.1. The number of imidazole rings is 1. The van der Waals surface area contributed by atoms with E-state index < -0.39 is 0 Å². The van der Waals surface area contributed by atoms with E-state index in [1.807, 2.05) is 60.1 Å². The maximum absolute atomic E-state index is 12.7. The fraction of sp³-hybridized carbons (Fsp3) is 0.273. The van der Waals surface area contributed by atoms with Crippen molar-refractivity contribution in [1.29, 1.82) is 0 Å². The Labute approximate surface area is 165 Å². The summed E-state index contributed by atoms with van der Waals surface area (Å²) in [4.78, 5) is 18.8. The first-order valence-electron chi connectivity index (χ1n) is 9.30. The van der Waals surface area contributed by atoms with Gasteiger partial charge in [-0.3, -0.25) is 4.79 Å². The molecule has 6 nitrogen and oxygen atoms in total. The first-order valence-corrected chi connectivity index (χ1v) is 9.30. The van der Waals surface area contributed by atoms with Crippen LogP contribution in [0.3, 0.4) is 0 Å². The summed E-state index contributed by atoms with van der Waals surface area (Å²) < 4.78 is 7.80. The molecule has 3 aromatic rings. The molecule has 0 spiro atoms. The molecule has 1 aromatic heterocycles. The summed E-state index contributed by atoms with van der Waals surface area (Å²) in [5.74, 6) is 0.469. The van der Waals surface area contributed by atoms with Crippen LogP contribution < -0.4 is 10.1 Å². The summed E-state index contributed by atoms with van der Waals surface area (Å²) in [5, 5.41) is 2.99. The van der Waals surface area contributed by atoms with Gasteiger partial charge in [0.05, 0.1) is 11.9 Å². The molecule has 1 N–H and O–H groups in total. The van der Waals surface area contributed by atoms with Crippen molar-refractivity contribution in [2.24, 2.45) is 0 Å². The molecule has 1 heterocycles. The van der Waals surface area contributed by atoms with E-state index in [4.69, 9.17) is 4.74 Å². The fourth-order valence-electron chi connectivity index (χ4n) is 2.82. The number of carbonyl (C=O) groups is 1. The molecule has 0 atom stereocenters. The second-order valence-corrected chi connectivity index (χ2v) is 6.89. The Morgan fingerprint density at radius 3 is 2.75 bits per heavy atom. The second kappa shape index (κ2) is 9.71. The van der Waals surface area contributed by atoms with Gasteiger partial charge in [0.15, 0.2) is 0 Å². The highest BCUT2D eigenvalue weighted by molar-refractivity contribution is 5.96. The number of carbonyl (C=O) groups excluding carboxylic acids is 1. The summed E-state index contributed by atoms with van der Waals surface area (Å²) in [7, 11) is 3.98. The van der Waals surface area contributed by atoms with Crippen molar-refractivity contribution >= 4 is 5.91 Å². The number of nitrogens with zero attached hydrogens (tertiary/aromatic N) is 3. The lowest BCUT2D eigenvalue weighted by Crippen LogP contribution is -2.24. The predicted molar refractivity (Wildman–Crippen MR) is 109 cm³/mol. The fourth-order valence-corrected chi connectivity index (χ4v) is 2.82. The SMILES string of the molecule is CN(C)CCOc1ccccc1C(=O)NCc1cccc(Cn2ccnc2)c1. The lowest BCUT2D eigenvalue weighted by Gasteiger charge is -2.14. The number of ether oxygens (including phenoxy) is 1. The normalized spacial score (nSPS) is 10.8. The van der Waals surface area contributed by atoms with Crippen LogP contribution in [0, 0.1) is 0 Å². The molecule has 0 saturated heterocycles. The van der Waals surface area contributed by atoms with E-state index in [0.717, 1.165) is 24.2 Å². The van der Waals surface area contributed by atoms with Gasteiger partial charge in [0.25, 0.3) is 5.91 Å². The molecule has 0 fully saturated rings. The number of benzene rings is 2. The number of likely N-dealkylation sites (N-methyl/N-ethyl adjacent to an activating group) is 1. The van der Waals surface area contributed by atoms with Crippen LogP contribution in [0.15, 0.2) is 67.3 Å². The number of rotatable bonds is 9. The Morgan fingerprint density at radius 1 is 1.14 bits per heavy atom. The maximum atomic E-state index is 12.7. The summed E-state index contributed by atoms with van der Waals surface area (Å²) in [6.45, 7) is 2.54. The van der Waals surface area contributed by atoms with Crippen molar-refractivity contribution in [2.45, 2.75) is 13.1 Å². The molecule has 0 aliphatic heterocycles. The minimum absolute atomic E-state index is 0.138. The Kier molecular flexibility index (Phi) is 6.81. The molecule has 146 valence electrons. The van der Waals surface area contributed by atoms with E-state index in [1.165, 1.54) is 0 Å². The lowest BCUT2D eigenvalue weighted by molar-refractivity contribution is 0.0946. The number of hydrogen-bond acceptors (Lipinski definition) is 4. The zero-order valence-corrected chi connectivity index (χ0v) is 16.3. The molecule has 1 amide bonds. The van der Waals surface area contributed by atoms with Crippen molar-refractivity contribution in [1.82, 2.24) is 19.8 Å². The third-order valence-corrected chi connectivity index (χ3v) is 4.30. The quantitative estimate of drug-likeness (QED) is 0.622. The Morgan fingerprint density at radius 2 is 1.96 bits per heavy atom. The van der Waals surface area contributed by atoms with Crippen molar-refractivity contribution in [2.75, 3.05) is 27.2 Å². The van der Waals surface area contributed by atoms with Crippen LogP contribution in [-0.4, -0.2) is 47.6 Å². The maximum Gasteiger partial charge on any atom is 0.255 e. The topological polar surface area (TPSA) is 59.4 Å². The van der Waals surface area contributed by atoms with Gasteiger partial charge < -0.3 is 19.5 Å². The molecule has 3 rings (SSSR count). The van der Waals surface area contributed by atoms with Gasteiger partial charge in [0.2, 0.25) is 0 Å². The minimum Gasteiger partial charge on any atom is -0.491 e. The van der Waals surface area contributed by atoms with Crippen molar-refractivity contribution < 1.29 is 9.53 Å². The number of hydrogen-bond donors (Lipinski definition) is 1. The molecule has 0 bridgehead atoms. The van der Waals surface area contributed by atoms with E-state index in [0.29, 0.717) is 24.5 Å². The van der Waals surface area contributed by atoms with Crippen LogP contribution >= 0.6 is 0 Å². The van der Waals surface area contributed by atoms with Crippen molar-refractivity contribution in [3.63, 3.8) is 0 Å². The summed E-state index contributed by atoms with van der Waals surface area (Å²) >= 11 is 0. The van der Waals surface area contributed by atoms with Gasteiger partial charge >= 0.3 is 0 Å². The summed E-state index contributed by atoms with van der Waals surface area (Å²) in [6.07, 6.45) is 5.49. The third kappa shape index (κ3) is 5.69. The van der Waals surface area contributed by atoms with E-state index in [2.05, 4.69) is 22.4 Å². The minimum atomic E-state index is -0.138. The highest BCUT2D eigenvalue weighted by atomic mass is 16.5. The molecule has 6 heteroatoms. The standard InChI is InChI=1S/C22H26N4O2/c1-25(2)12-13-28-21-9-4-3-8-20(21)22(27)24-15-18-6-5-7-19(14-18)16-26-11-10-23-17-26/h3-11,14,17H,12-13,15-16H2,1-2H3,(H,24,27). The van der Waals surface area contributed by atoms with Crippen LogP contribution in [-0.2, 0) is 13.1 Å². The number of aromatic nitrogens is 2. The van der Waals surface area contributed by atoms with Gasteiger partial charge in [0.1, 0.15) is 12.4 Å². The van der Waals surface area contributed by atoms with E-state index >= 15 is 0 Å². The largest absolute Gasteiger partial charge is 0.491 e. The highest BCUT2D eigenvalue weighted by Crippen LogP contribution is 2.18. The molecule has 0 saturated carbocycles. The summed E-state index contributed by atoms with van der Waals surface area (Å²) in [6, 6.07) is 15.5. The van der Waals surface area contributed by atoms with Crippen LogP contribution in [0.25, 0.3) is 0 Å². The molecular formula is C22H26N4O2. The molecule has 0 unspecified atom stereocenters. The van der Waals surface area contributed by atoms with Crippen LogP contribution in [0.2, 0.25) is 0 Å². The summed E-state index contributed by atoms with van der Waals surface area (Å²) in [5.41, 5.74) is 2.77. The molecule has 0 radical (unpaired) electrons. The van der Waals surface area contributed by atoms with Crippen LogP contribution in [0.5, 0.6) is 5.75 Å². The van der Waals surface area contributed by atoms with Gasteiger partial charge in [-0.25, -0.2) is 4.98 Å². The number of para-hydroxylation sites is 1. The van der Waals surface area contributed by atoms with Crippen LogP contribution in [0.1, 0.15) is 21.5 Å². The van der Waals surface area contributed by atoms with Crippen LogP contribution in [0.4, 0.5) is 0 Å². The number of nitrogens with one attached hydrogen (secondary N) is 1. The first-order chi connectivity index (χ1) is 13.6. The van der Waals surface area contributed by atoms with Gasteiger partial charge in [-0.05, 0) is 37.4 Å². The van der Waals surface area contributed by atoms with E-state index in [-0.39, 0.29) is 5.91 Å². The van der Waals surface area contributed by atoms with Gasteiger partial charge in [-0.15, -0.1) is 0 Å². The molecule has 28 heavy (non-hydrogen) atoms. The Balaban J connectivity index is 1.60. The molecule has 0 aliphatic carbocycles.